The fourth-order valence-electron chi connectivity index (χ4n) is 5.54. The number of fused-ring (bicyclic) bond motifs is 4. The van der Waals surface area contributed by atoms with Crippen LogP contribution in [0.3, 0.4) is 0 Å². The molecule has 2 unspecified atom stereocenters. The summed E-state index contributed by atoms with van der Waals surface area (Å²) in [6.07, 6.45) is 5.62. The lowest BCUT2D eigenvalue weighted by Gasteiger charge is -2.41. The third-order valence-electron chi connectivity index (χ3n) is 6.75. The van der Waals surface area contributed by atoms with E-state index in [0.29, 0.717) is 30.8 Å². The molecule has 1 aromatic rings. The summed E-state index contributed by atoms with van der Waals surface area (Å²) in [7, 11) is 1.58. The first-order chi connectivity index (χ1) is 13.5. The maximum atomic E-state index is 13.3. The fourth-order valence-corrected chi connectivity index (χ4v) is 5.54. The van der Waals surface area contributed by atoms with Crippen LogP contribution in [0.1, 0.15) is 31.7 Å². The van der Waals surface area contributed by atoms with E-state index in [4.69, 9.17) is 4.74 Å². The predicted molar refractivity (Wildman–Crippen MR) is 102 cm³/mol. The van der Waals surface area contributed by atoms with Crippen LogP contribution >= 0.6 is 0 Å². The van der Waals surface area contributed by atoms with Crippen LogP contribution in [0.4, 0.5) is 5.69 Å². The number of nitrogens with zero attached hydrogens (tertiary/aromatic N) is 2. The van der Waals surface area contributed by atoms with Crippen molar-refractivity contribution >= 4 is 23.4 Å². The number of methoxy groups -OCH3 is 1. The van der Waals surface area contributed by atoms with E-state index in [1.807, 2.05) is 31.2 Å². The van der Waals surface area contributed by atoms with E-state index in [1.54, 1.807) is 23.0 Å². The minimum Gasteiger partial charge on any atom is -0.497 e. The molecule has 28 heavy (non-hydrogen) atoms. The summed E-state index contributed by atoms with van der Waals surface area (Å²) in [6, 6.07) is 4.06. The molecule has 146 valence electrons. The number of amides is 3. The summed E-state index contributed by atoms with van der Waals surface area (Å²) in [5.41, 5.74) is 0.569. The van der Waals surface area contributed by atoms with Crippen LogP contribution < -0.4 is 10.1 Å². The van der Waals surface area contributed by atoms with Gasteiger partial charge in [-0.05, 0) is 37.8 Å². The molecule has 4 aliphatic rings. The molecular formula is C21H23N3O4. The zero-order valence-electron chi connectivity index (χ0n) is 16.0. The Morgan fingerprint density at radius 2 is 2.04 bits per heavy atom. The number of anilines is 1. The third-order valence-corrected chi connectivity index (χ3v) is 6.75. The molecule has 0 aromatic heterocycles. The Morgan fingerprint density at radius 1 is 1.21 bits per heavy atom. The standard InChI is InChI=1S/C21H23N3O4/c1-3-5-17-21(13-8-7-12(28-2)10-14(13)22-20(21)27)11-16-18(25)23-9-4-6-15(23)19(26)24(16)17/h3,5,7-8,10,15-17H,4,6,9,11H2,1-2H3,(H,22,27)/b5-3-/t15?,16?,17-,21-/m0/s1. The topological polar surface area (TPSA) is 79.0 Å². The first-order valence-corrected chi connectivity index (χ1v) is 9.78. The molecule has 7 heteroatoms. The van der Waals surface area contributed by atoms with Crippen LogP contribution in [-0.2, 0) is 19.8 Å². The van der Waals surface area contributed by atoms with E-state index in [1.165, 1.54) is 0 Å². The van der Waals surface area contributed by atoms with Crippen LogP contribution in [0.15, 0.2) is 30.4 Å². The molecule has 4 atom stereocenters. The molecule has 3 saturated heterocycles. The molecule has 0 radical (unpaired) electrons. The third kappa shape index (κ3) is 1.96. The highest BCUT2D eigenvalue weighted by molar-refractivity contribution is 6.10. The summed E-state index contributed by atoms with van der Waals surface area (Å²) < 4.78 is 5.29. The highest BCUT2D eigenvalue weighted by Crippen LogP contribution is 2.53. The van der Waals surface area contributed by atoms with Crippen molar-refractivity contribution in [1.82, 2.24) is 9.80 Å². The first-order valence-electron chi connectivity index (χ1n) is 9.78. The van der Waals surface area contributed by atoms with Gasteiger partial charge in [0.05, 0.1) is 13.2 Å². The van der Waals surface area contributed by atoms with Crippen molar-refractivity contribution < 1.29 is 19.1 Å². The van der Waals surface area contributed by atoms with Crippen molar-refractivity contribution in [3.63, 3.8) is 0 Å². The van der Waals surface area contributed by atoms with Crippen LogP contribution in [0.5, 0.6) is 5.75 Å². The SMILES string of the molecule is C/C=C\[C@@H]1N2C(=O)C3CCCN3C(=O)C2C[C@@]12C(=O)Nc1cc(OC)ccc12. The number of carbonyl (C=O) groups excluding carboxylic acids is 3. The zero-order chi connectivity index (χ0) is 19.6. The molecule has 4 heterocycles. The quantitative estimate of drug-likeness (QED) is 0.787. The molecule has 1 aromatic carbocycles. The Balaban J connectivity index is 1.67. The van der Waals surface area contributed by atoms with Crippen molar-refractivity contribution in [1.29, 1.82) is 0 Å². The molecule has 0 bridgehead atoms. The second kappa shape index (κ2) is 5.83. The monoisotopic (exact) mass is 381 g/mol. The summed E-state index contributed by atoms with van der Waals surface area (Å²) in [6.45, 7) is 2.50. The number of ether oxygens (including phenoxy) is 1. The van der Waals surface area contributed by atoms with E-state index < -0.39 is 17.5 Å². The van der Waals surface area contributed by atoms with Crippen molar-refractivity contribution in [3.05, 3.63) is 35.9 Å². The van der Waals surface area contributed by atoms with Crippen LogP contribution in [-0.4, -0.2) is 59.3 Å². The van der Waals surface area contributed by atoms with Gasteiger partial charge in [-0.3, -0.25) is 14.4 Å². The molecule has 4 aliphatic heterocycles. The maximum absolute atomic E-state index is 13.3. The average Bonchev–Trinajstić information content (AvgIpc) is 3.37. The zero-order valence-corrected chi connectivity index (χ0v) is 16.0. The van der Waals surface area contributed by atoms with Gasteiger partial charge in [-0.2, -0.15) is 0 Å². The largest absolute Gasteiger partial charge is 0.497 e. The molecule has 7 nitrogen and oxygen atoms in total. The summed E-state index contributed by atoms with van der Waals surface area (Å²) in [4.78, 5) is 43.2. The van der Waals surface area contributed by atoms with Crippen molar-refractivity contribution in [2.75, 3.05) is 19.0 Å². The number of hydrogen-bond donors (Lipinski definition) is 1. The molecular weight excluding hydrogens is 358 g/mol. The number of hydrogen-bond acceptors (Lipinski definition) is 4. The van der Waals surface area contributed by atoms with E-state index >= 15 is 0 Å². The summed E-state index contributed by atoms with van der Waals surface area (Å²) in [5, 5.41) is 2.97. The number of nitrogens with one attached hydrogen (secondary N) is 1. The van der Waals surface area contributed by atoms with E-state index in [0.717, 1.165) is 12.0 Å². The van der Waals surface area contributed by atoms with Gasteiger partial charge in [0.25, 0.3) is 0 Å². The maximum Gasteiger partial charge on any atom is 0.246 e. The molecule has 0 saturated carbocycles. The Bertz CT molecular complexity index is 926. The van der Waals surface area contributed by atoms with E-state index in [2.05, 4.69) is 5.32 Å². The summed E-state index contributed by atoms with van der Waals surface area (Å²) in [5.74, 6) is 0.441. The normalized spacial score (nSPS) is 33.5. The van der Waals surface area contributed by atoms with Gasteiger partial charge in [0.15, 0.2) is 0 Å². The lowest BCUT2D eigenvalue weighted by molar-refractivity contribution is -0.158. The molecule has 5 rings (SSSR count). The number of carbonyl (C=O) groups is 3. The lowest BCUT2D eigenvalue weighted by Crippen LogP contribution is -2.62. The Morgan fingerprint density at radius 3 is 2.79 bits per heavy atom. The lowest BCUT2D eigenvalue weighted by atomic mass is 9.74. The number of piperazine rings is 1. The number of benzene rings is 1. The highest BCUT2D eigenvalue weighted by atomic mass is 16.5. The second-order valence-corrected chi connectivity index (χ2v) is 7.96. The van der Waals surface area contributed by atoms with Gasteiger partial charge in [0.1, 0.15) is 23.2 Å². The second-order valence-electron chi connectivity index (χ2n) is 7.96. The van der Waals surface area contributed by atoms with Gasteiger partial charge in [-0.1, -0.05) is 18.2 Å². The van der Waals surface area contributed by atoms with Crippen LogP contribution in [0, 0.1) is 0 Å². The van der Waals surface area contributed by atoms with Gasteiger partial charge < -0.3 is 19.9 Å². The summed E-state index contributed by atoms with van der Waals surface area (Å²) >= 11 is 0. The van der Waals surface area contributed by atoms with Crippen molar-refractivity contribution in [2.45, 2.75) is 49.7 Å². The Labute approximate surface area is 163 Å². The van der Waals surface area contributed by atoms with Crippen LogP contribution in [0.25, 0.3) is 0 Å². The molecule has 3 fully saturated rings. The van der Waals surface area contributed by atoms with Gasteiger partial charge in [-0.15, -0.1) is 0 Å². The highest BCUT2D eigenvalue weighted by Gasteiger charge is 2.66. The fraction of sp³-hybridized carbons (Fsp3) is 0.476. The molecule has 1 spiro atoms. The Kier molecular flexibility index (Phi) is 3.60. The minimum absolute atomic E-state index is 0.0248. The minimum atomic E-state index is -0.955. The van der Waals surface area contributed by atoms with Crippen molar-refractivity contribution in [3.8, 4) is 5.75 Å². The number of allylic oxidation sites excluding steroid dienone is 1. The van der Waals surface area contributed by atoms with Gasteiger partial charge in [0.2, 0.25) is 17.7 Å². The smallest absolute Gasteiger partial charge is 0.246 e. The van der Waals surface area contributed by atoms with Gasteiger partial charge >= 0.3 is 0 Å². The molecule has 0 aliphatic carbocycles. The van der Waals surface area contributed by atoms with Crippen molar-refractivity contribution in [2.24, 2.45) is 0 Å². The van der Waals surface area contributed by atoms with Gasteiger partial charge in [-0.25, -0.2) is 0 Å². The average molecular weight is 381 g/mol. The van der Waals surface area contributed by atoms with E-state index in [-0.39, 0.29) is 23.8 Å². The Hall–Kier alpha value is -2.83. The predicted octanol–water partition coefficient (Wildman–Crippen LogP) is 1.44. The molecule has 3 amide bonds. The van der Waals surface area contributed by atoms with Crippen LogP contribution in [0.2, 0.25) is 0 Å². The number of rotatable bonds is 2. The van der Waals surface area contributed by atoms with Gasteiger partial charge in [0, 0.05) is 18.3 Å². The first kappa shape index (κ1) is 17.3. The van der Waals surface area contributed by atoms with E-state index in [9.17, 15) is 14.4 Å². The molecule has 1 N–H and O–H groups in total.